The maximum atomic E-state index is 14.8. The molecule has 18 atom stereocenters. The molecule has 6 rings (SSSR count). The highest BCUT2D eigenvalue weighted by Gasteiger charge is 2.56. The van der Waals surface area contributed by atoms with Crippen molar-refractivity contribution in [2.24, 2.45) is 23.7 Å². The first kappa shape index (κ1) is 64.4. The highest BCUT2D eigenvalue weighted by molar-refractivity contribution is 5.94. The van der Waals surface area contributed by atoms with Gasteiger partial charge in [0.25, 0.3) is 0 Å². The standard InChI is InChI=1S/C59H96N4O16/c1-16-24-74-55(69)42-32-63(40-19-20-40)43-21-18-39(28-41(43)49(42)65)60-23-26-73-25-22-47(64)78-53-38(8)76-45(30-58(53,10)72-15)48-35(5)52(79-56-50(66)44(61(12)13)27-34(4)75-56)57(9,70)29-33(3)31-62(14)37(7)51(67)59(11,71)46(17-2)77-54(68)36(48)6/h18,21,28,32-38,40,44-46,48,50-53,56,60,66-67,70-71H,16-17,19-20,22-27,29-31H2,1-15H3/t33-,34-,35+,36-,37-,38+,44+,45?,46-,48+,50+,51-,52-,53+,56+,57-,58-,59-/m1/s1. The summed E-state index contributed by atoms with van der Waals surface area (Å²) in [6, 6.07) is 4.82. The number of nitrogens with one attached hydrogen (secondary N) is 1. The van der Waals surface area contributed by atoms with Crippen molar-refractivity contribution in [2.75, 3.05) is 66.5 Å². The van der Waals surface area contributed by atoms with Crippen molar-refractivity contribution in [2.45, 2.75) is 218 Å². The number of aliphatic hydroxyl groups excluding tert-OH is 2. The van der Waals surface area contributed by atoms with E-state index in [0.29, 0.717) is 37.0 Å². The fourth-order valence-electron chi connectivity index (χ4n) is 12.8. The Morgan fingerprint density at radius 2 is 1.63 bits per heavy atom. The molecule has 448 valence electrons. The van der Waals surface area contributed by atoms with Crippen LogP contribution < -0.4 is 10.7 Å². The summed E-state index contributed by atoms with van der Waals surface area (Å²) in [5.74, 6) is -4.51. The lowest BCUT2D eigenvalue weighted by molar-refractivity contribution is -0.302. The Morgan fingerprint density at radius 1 is 0.937 bits per heavy atom. The SMILES string of the molecule is CCCOC(=O)c1cn(C2CC2)c2ccc(NCCOCCC(=O)O[C@H]3[C@H](C)OC([C@H]4[C@H](C)[C@@H](O[C@@H]5O[C@H](C)C[C@H](N(C)C)[C@@H]5O)[C@](C)(O)C[C@@H](C)CN(C)[C@H](C)[C@@H](O)[C@](C)(O)[C@@H](CC)OC(=O)[C@@H]4C)C[C@@]3(C)OC)cc2c1=O. The zero-order valence-electron chi connectivity index (χ0n) is 49.8. The number of aliphatic hydroxyl groups is 4. The smallest absolute Gasteiger partial charge is 0.343 e. The second-order valence-electron chi connectivity index (χ2n) is 24.4. The number of esters is 3. The number of pyridine rings is 1. The average molecular weight is 1120 g/mol. The normalized spacial score (nSPS) is 37.5. The number of nitrogens with zero attached hydrogens (tertiary/aromatic N) is 3. The lowest BCUT2D eigenvalue weighted by Crippen LogP contribution is -2.62. The molecular formula is C59H96N4O16. The number of aromatic nitrogens is 1. The van der Waals surface area contributed by atoms with E-state index in [0.717, 1.165) is 18.4 Å². The molecular weight excluding hydrogens is 1020 g/mol. The summed E-state index contributed by atoms with van der Waals surface area (Å²) in [5, 5.41) is 52.2. The molecule has 20 nitrogen and oxygen atoms in total. The number of benzene rings is 1. The van der Waals surface area contributed by atoms with Crippen LogP contribution in [-0.4, -0.2) is 198 Å². The summed E-state index contributed by atoms with van der Waals surface area (Å²) in [7, 11) is 7.14. The summed E-state index contributed by atoms with van der Waals surface area (Å²) in [4.78, 5) is 58.7. The summed E-state index contributed by atoms with van der Waals surface area (Å²) >= 11 is 0. The summed E-state index contributed by atoms with van der Waals surface area (Å²) in [6.07, 6.45) is -3.32. The number of hydrogen-bond acceptors (Lipinski definition) is 19. The van der Waals surface area contributed by atoms with Gasteiger partial charge >= 0.3 is 17.9 Å². The van der Waals surface area contributed by atoms with Crippen molar-refractivity contribution in [1.82, 2.24) is 14.4 Å². The minimum absolute atomic E-state index is 0.0147. The molecule has 3 saturated heterocycles. The number of methoxy groups -OCH3 is 1. The van der Waals surface area contributed by atoms with Gasteiger partial charge in [0, 0.05) is 67.9 Å². The van der Waals surface area contributed by atoms with Crippen molar-refractivity contribution in [3.63, 3.8) is 0 Å². The Balaban J connectivity index is 1.19. The number of anilines is 1. The minimum Gasteiger partial charge on any atom is -0.462 e. The number of hydrogen-bond donors (Lipinski definition) is 5. The van der Waals surface area contributed by atoms with Crippen molar-refractivity contribution in [3.8, 4) is 0 Å². The number of fused-ring (bicyclic) bond motifs is 1. The van der Waals surface area contributed by atoms with Crippen LogP contribution >= 0.6 is 0 Å². The van der Waals surface area contributed by atoms with Crippen LogP contribution in [0.1, 0.15) is 144 Å². The molecule has 0 amide bonds. The quantitative estimate of drug-likeness (QED) is 0.0707. The molecule has 3 aliphatic heterocycles. The third-order valence-electron chi connectivity index (χ3n) is 17.4. The topological polar surface area (TPSA) is 246 Å². The van der Waals surface area contributed by atoms with Gasteiger partial charge in [-0.3, -0.25) is 14.4 Å². The van der Waals surface area contributed by atoms with Crippen molar-refractivity contribution >= 4 is 34.5 Å². The minimum atomic E-state index is -1.85. The summed E-state index contributed by atoms with van der Waals surface area (Å²) in [6.45, 7) is 21.1. The van der Waals surface area contributed by atoms with Crippen molar-refractivity contribution < 1.29 is 72.7 Å². The molecule has 1 saturated carbocycles. The molecule has 4 fully saturated rings. The maximum Gasteiger partial charge on any atom is 0.343 e. The number of cyclic esters (lactones) is 1. The lowest BCUT2D eigenvalue weighted by atomic mass is 9.68. The van der Waals surface area contributed by atoms with Crippen molar-refractivity contribution in [3.05, 3.63) is 40.2 Å². The molecule has 4 aliphatic rings. The second-order valence-corrected chi connectivity index (χ2v) is 24.4. The van der Waals surface area contributed by atoms with Gasteiger partial charge < -0.3 is 78.0 Å². The van der Waals surface area contributed by atoms with Crippen LogP contribution in [0.15, 0.2) is 29.2 Å². The van der Waals surface area contributed by atoms with E-state index in [1.165, 1.54) is 14.0 Å². The predicted molar refractivity (Wildman–Crippen MR) is 298 cm³/mol. The van der Waals surface area contributed by atoms with Crippen LogP contribution in [0.5, 0.6) is 0 Å². The maximum absolute atomic E-state index is 14.8. The van der Waals surface area contributed by atoms with Crippen LogP contribution in [0.25, 0.3) is 10.9 Å². The summed E-state index contributed by atoms with van der Waals surface area (Å²) in [5.41, 5.74) is -3.57. The van der Waals surface area contributed by atoms with E-state index in [2.05, 4.69) is 5.32 Å². The molecule has 0 radical (unpaired) electrons. The van der Waals surface area contributed by atoms with E-state index >= 15 is 0 Å². The third-order valence-corrected chi connectivity index (χ3v) is 17.4. The van der Waals surface area contributed by atoms with Gasteiger partial charge in [0.05, 0.1) is 67.7 Å². The Morgan fingerprint density at radius 3 is 2.27 bits per heavy atom. The molecule has 79 heavy (non-hydrogen) atoms. The zero-order valence-corrected chi connectivity index (χ0v) is 49.8. The molecule has 0 bridgehead atoms. The van der Waals surface area contributed by atoms with E-state index in [1.54, 1.807) is 46.9 Å². The van der Waals surface area contributed by atoms with E-state index in [4.69, 9.17) is 37.9 Å². The van der Waals surface area contributed by atoms with E-state index in [1.807, 2.05) is 82.3 Å². The zero-order chi connectivity index (χ0) is 58.5. The molecule has 1 unspecified atom stereocenters. The molecule has 4 heterocycles. The number of likely N-dealkylation sites (N-methyl/N-ethyl adjacent to an activating group) is 2. The predicted octanol–water partition coefficient (Wildman–Crippen LogP) is 5.46. The van der Waals surface area contributed by atoms with Gasteiger partial charge in [0.1, 0.15) is 35.1 Å². The Kier molecular flexibility index (Phi) is 22.1. The van der Waals surface area contributed by atoms with E-state index in [-0.39, 0.29) is 80.6 Å². The molecule has 1 aromatic heterocycles. The first-order chi connectivity index (χ1) is 37.1. The Bertz CT molecular complexity index is 2410. The second kappa shape index (κ2) is 27.1. The van der Waals surface area contributed by atoms with Crippen LogP contribution in [0, 0.1) is 23.7 Å². The number of carbonyl (C=O) groups is 3. The largest absolute Gasteiger partial charge is 0.462 e. The van der Waals surface area contributed by atoms with Gasteiger partial charge in [-0.1, -0.05) is 34.6 Å². The first-order valence-electron chi connectivity index (χ1n) is 28.9. The molecule has 20 heteroatoms. The molecule has 1 aliphatic carbocycles. The van der Waals surface area contributed by atoms with Crippen LogP contribution in [0.3, 0.4) is 0 Å². The van der Waals surface area contributed by atoms with Gasteiger partial charge in [-0.2, -0.15) is 0 Å². The van der Waals surface area contributed by atoms with Gasteiger partial charge in [-0.15, -0.1) is 0 Å². The van der Waals surface area contributed by atoms with E-state index in [9.17, 15) is 39.6 Å². The molecule has 0 spiro atoms. The number of ether oxygens (including phenoxy) is 8. The van der Waals surface area contributed by atoms with E-state index < -0.39 is 108 Å². The van der Waals surface area contributed by atoms with Crippen LogP contribution in [0.2, 0.25) is 0 Å². The first-order valence-corrected chi connectivity index (χ1v) is 28.9. The fourth-order valence-corrected chi connectivity index (χ4v) is 12.8. The lowest BCUT2D eigenvalue weighted by Gasteiger charge is -2.52. The van der Waals surface area contributed by atoms with Gasteiger partial charge in [-0.25, -0.2) is 4.79 Å². The Hall–Kier alpha value is -3.80. The highest BCUT2D eigenvalue weighted by atomic mass is 16.7. The Labute approximate surface area is 468 Å². The van der Waals surface area contributed by atoms with Gasteiger partial charge in [0.15, 0.2) is 12.4 Å². The fraction of sp³-hybridized carbons (Fsp3) is 0.797. The van der Waals surface area contributed by atoms with Crippen molar-refractivity contribution in [1.29, 1.82) is 0 Å². The third kappa shape index (κ3) is 15.1. The average Bonchev–Trinajstić information content (AvgIpc) is 4.29. The molecule has 5 N–H and O–H groups in total. The highest BCUT2D eigenvalue weighted by Crippen LogP contribution is 2.46. The summed E-state index contributed by atoms with van der Waals surface area (Å²) < 4.78 is 52.0. The van der Waals surface area contributed by atoms with Crippen LogP contribution in [-0.2, 0) is 47.5 Å². The van der Waals surface area contributed by atoms with Crippen LogP contribution in [0.4, 0.5) is 5.69 Å². The molecule has 1 aromatic carbocycles. The number of rotatable bonds is 18. The monoisotopic (exact) mass is 1120 g/mol. The number of carbonyl (C=O) groups excluding carboxylic acids is 3. The van der Waals surface area contributed by atoms with Gasteiger partial charge in [-0.05, 0) is 131 Å². The van der Waals surface area contributed by atoms with Gasteiger partial charge in [0.2, 0.25) is 5.43 Å². The molecule has 2 aromatic rings.